The highest BCUT2D eigenvalue weighted by molar-refractivity contribution is 6.68. The van der Waals surface area contributed by atoms with Crippen molar-refractivity contribution >= 4 is 40.7 Å². The number of nitrogens with one attached hydrogen (secondary N) is 1. The number of alkyl halides is 3. The van der Waals surface area contributed by atoms with Crippen LogP contribution < -0.4 is 5.32 Å². The Morgan fingerprint density at radius 1 is 1.42 bits per heavy atom. The van der Waals surface area contributed by atoms with Gasteiger partial charge in [-0.1, -0.05) is 62.0 Å². The third-order valence-electron chi connectivity index (χ3n) is 4.42. The Morgan fingerprint density at radius 3 is 2.37 bits per heavy atom. The van der Waals surface area contributed by atoms with E-state index in [9.17, 15) is 4.79 Å². The molecule has 0 spiro atoms. The van der Waals surface area contributed by atoms with E-state index in [0.29, 0.717) is 18.3 Å². The molecule has 6 heteroatoms. The van der Waals surface area contributed by atoms with E-state index in [1.165, 1.54) is 7.11 Å². The van der Waals surface area contributed by atoms with E-state index in [-0.39, 0.29) is 11.3 Å². The molecule has 0 aliphatic heterocycles. The van der Waals surface area contributed by atoms with Gasteiger partial charge in [0.05, 0.1) is 0 Å². The Morgan fingerprint density at radius 2 is 2.00 bits per heavy atom. The fourth-order valence-electron chi connectivity index (χ4n) is 2.87. The summed E-state index contributed by atoms with van der Waals surface area (Å²) >= 11 is 17.2. The van der Waals surface area contributed by atoms with Gasteiger partial charge in [0.25, 0.3) is 0 Å². The van der Waals surface area contributed by atoms with Gasteiger partial charge in [0.2, 0.25) is 9.70 Å². The van der Waals surface area contributed by atoms with E-state index >= 15 is 0 Å². The first-order valence-corrected chi connectivity index (χ1v) is 7.65. The molecule has 0 bridgehead atoms. The molecule has 0 heterocycles. The lowest BCUT2D eigenvalue weighted by atomic mass is 9.53. The molecule has 3 nitrogen and oxygen atoms in total. The van der Waals surface area contributed by atoms with Crippen LogP contribution in [0.15, 0.2) is 0 Å². The van der Waals surface area contributed by atoms with Gasteiger partial charge < -0.3 is 10.1 Å². The van der Waals surface area contributed by atoms with Crippen molar-refractivity contribution < 1.29 is 9.53 Å². The number of halogens is 3. The van der Waals surface area contributed by atoms with Gasteiger partial charge in [-0.05, 0) is 23.7 Å². The summed E-state index contributed by atoms with van der Waals surface area (Å²) in [6, 6.07) is 0. The minimum Gasteiger partial charge on any atom is -0.357 e. The lowest BCUT2D eigenvalue weighted by Gasteiger charge is -2.52. The van der Waals surface area contributed by atoms with Crippen molar-refractivity contribution in [2.45, 2.75) is 50.1 Å². The Bertz CT molecular complexity index is 328. The zero-order valence-corrected chi connectivity index (χ0v) is 14.1. The third kappa shape index (κ3) is 4.13. The molecular weight excluding hydrogens is 309 g/mol. The number of methoxy groups -OCH3 is 1. The normalized spacial score (nSPS) is 27.5. The van der Waals surface area contributed by atoms with Crippen LogP contribution in [0, 0.1) is 17.3 Å². The lowest BCUT2D eigenvalue weighted by Crippen LogP contribution is -2.49. The van der Waals surface area contributed by atoms with E-state index in [1.54, 1.807) is 0 Å². The third-order valence-corrected chi connectivity index (χ3v) is 5.02. The van der Waals surface area contributed by atoms with Crippen LogP contribution in [0.2, 0.25) is 0 Å². The molecule has 19 heavy (non-hydrogen) atoms. The van der Waals surface area contributed by atoms with E-state index in [4.69, 9.17) is 39.5 Å². The SMILES string of the molecule is CCC1CC(CC(=O)NC(OC)C(Cl)(Cl)Cl)C1(C)C. The molecule has 1 rings (SSSR count). The maximum absolute atomic E-state index is 12.0. The molecule has 1 N–H and O–H groups in total. The molecule has 0 radical (unpaired) electrons. The number of carbonyl (C=O) groups excluding carboxylic acids is 1. The molecule has 0 aromatic rings. The predicted octanol–water partition coefficient (Wildman–Crippen LogP) is 3.91. The van der Waals surface area contributed by atoms with Crippen molar-refractivity contribution in [1.29, 1.82) is 0 Å². The number of amides is 1. The van der Waals surface area contributed by atoms with Crippen LogP contribution in [0.4, 0.5) is 0 Å². The summed E-state index contributed by atoms with van der Waals surface area (Å²) in [5.74, 6) is 0.938. The second-order valence-electron chi connectivity index (χ2n) is 5.79. The Hall–Kier alpha value is 0.300. The molecule has 0 aromatic carbocycles. The van der Waals surface area contributed by atoms with Crippen molar-refractivity contribution in [3.8, 4) is 0 Å². The average Bonchev–Trinajstić information content (AvgIpc) is 2.29. The molecule has 3 atom stereocenters. The van der Waals surface area contributed by atoms with Crippen LogP contribution in [0.1, 0.15) is 40.0 Å². The lowest BCUT2D eigenvalue weighted by molar-refractivity contribution is -0.130. The minimum atomic E-state index is -1.66. The summed E-state index contributed by atoms with van der Waals surface area (Å²) < 4.78 is 3.32. The van der Waals surface area contributed by atoms with Crippen molar-refractivity contribution in [3.05, 3.63) is 0 Å². The van der Waals surface area contributed by atoms with Gasteiger partial charge in [-0.15, -0.1) is 0 Å². The molecule has 1 fully saturated rings. The van der Waals surface area contributed by atoms with Crippen LogP contribution in [-0.4, -0.2) is 23.0 Å². The number of carbonyl (C=O) groups is 1. The van der Waals surface area contributed by atoms with Gasteiger partial charge in [0, 0.05) is 13.5 Å². The second kappa shape index (κ2) is 6.38. The Kier molecular flexibility index (Phi) is 5.83. The van der Waals surface area contributed by atoms with Crippen molar-refractivity contribution in [2.75, 3.05) is 7.11 Å². The zero-order chi connectivity index (χ0) is 14.8. The number of hydrogen-bond acceptors (Lipinski definition) is 2. The molecule has 1 aliphatic carbocycles. The Labute approximate surface area is 130 Å². The van der Waals surface area contributed by atoms with Crippen molar-refractivity contribution in [2.24, 2.45) is 17.3 Å². The van der Waals surface area contributed by atoms with E-state index in [0.717, 1.165) is 12.8 Å². The van der Waals surface area contributed by atoms with E-state index in [2.05, 4.69) is 26.1 Å². The van der Waals surface area contributed by atoms with Crippen LogP contribution >= 0.6 is 34.8 Å². The standard InChI is InChI=1S/C13H22Cl3NO2/c1-5-8-6-9(12(8,2)3)7-10(18)17-11(19-4)13(14,15)16/h8-9,11H,5-7H2,1-4H3,(H,17,18). The molecule has 0 aromatic heterocycles. The molecule has 3 unspecified atom stereocenters. The first-order chi connectivity index (χ1) is 8.62. The highest BCUT2D eigenvalue weighted by Gasteiger charge is 2.47. The van der Waals surface area contributed by atoms with Crippen LogP contribution in [0.3, 0.4) is 0 Å². The molecule has 112 valence electrons. The molecule has 1 saturated carbocycles. The number of rotatable bonds is 5. The summed E-state index contributed by atoms with van der Waals surface area (Å²) in [6.07, 6.45) is 1.77. The van der Waals surface area contributed by atoms with Crippen LogP contribution in [0.5, 0.6) is 0 Å². The molecule has 1 aliphatic rings. The molecule has 1 amide bonds. The van der Waals surface area contributed by atoms with Crippen LogP contribution in [0.25, 0.3) is 0 Å². The number of ether oxygens (including phenoxy) is 1. The zero-order valence-electron chi connectivity index (χ0n) is 11.8. The van der Waals surface area contributed by atoms with Gasteiger partial charge in [-0.2, -0.15) is 0 Å². The number of hydrogen-bond donors (Lipinski definition) is 1. The highest BCUT2D eigenvalue weighted by Crippen LogP contribution is 2.54. The summed E-state index contributed by atoms with van der Waals surface area (Å²) in [5.41, 5.74) is 0.203. The topological polar surface area (TPSA) is 38.3 Å². The largest absolute Gasteiger partial charge is 0.357 e. The summed E-state index contributed by atoms with van der Waals surface area (Å²) in [7, 11) is 1.40. The second-order valence-corrected chi connectivity index (χ2v) is 8.16. The maximum atomic E-state index is 12.0. The maximum Gasteiger partial charge on any atom is 0.234 e. The van der Waals surface area contributed by atoms with E-state index < -0.39 is 10.0 Å². The van der Waals surface area contributed by atoms with Gasteiger partial charge in [-0.3, -0.25) is 4.79 Å². The fraction of sp³-hybridized carbons (Fsp3) is 0.923. The monoisotopic (exact) mass is 329 g/mol. The van der Waals surface area contributed by atoms with Crippen molar-refractivity contribution in [1.82, 2.24) is 5.32 Å². The highest BCUT2D eigenvalue weighted by atomic mass is 35.6. The first kappa shape index (κ1) is 17.4. The first-order valence-electron chi connectivity index (χ1n) is 6.51. The predicted molar refractivity (Wildman–Crippen MR) is 79.5 cm³/mol. The van der Waals surface area contributed by atoms with Gasteiger partial charge >= 0.3 is 0 Å². The summed E-state index contributed by atoms with van der Waals surface area (Å²) in [4.78, 5) is 12.0. The quantitative estimate of drug-likeness (QED) is 0.613. The van der Waals surface area contributed by atoms with Crippen molar-refractivity contribution in [3.63, 3.8) is 0 Å². The Balaban J connectivity index is 2.49. The van der Waals surface area contributed by atoms with Gasteiger partial charge in [0.1, 0.15) is 0 Å². The molecule has 0 saturated heterocycles. The molecular formula is C13H22Cl3NO2. The summed E-state index contributed by atoms with van der Waals surface area (Å²) in [6.45, 7) is 6.61. The van der Waals surface area contributed by atoms with Gasteiger partial charge in [0.15, 0.2) is 6.23 Å². The average molecular weight is 331 g/mol. The van der Waals surface area contributed by atoms with Crippen LogP contribution in [-0.2, 0) is 9.53 Å². The fourth-order valence-corrected chi connectivity index (χ4v) is 3.30. The van der Waals surface area contributed by atoms with E-state index in [1.807, 2.05) is 0 Å². The van der Waals surface area contributed by atoms with Gasteiger partial charge in [-0.25, -0.2) is 0 Å². The summed E-state index contributed by atoms with van der Waals surface area (Å²) in [5, 5.41) is 2.62. The minimum absolute atomic E-state index is 0.134. The smallest absolute Gasteiger partial charge is 0.234 e.